The van der Waals surface area contributed by atoms with E-state index in [9.17, 15) is 0 Å². The molecule has 0 spiro atoms. The summed E-state index contributed by atoms with van der Waals surface area (Å²) in [4.78, 5) is 0. The zero-order chi connectivity index (χ0) is 14.1. The molecule has 0 aliphatic carbocycles. The molecule has 0 bridgehead atoms. The third-order valence-corrected chi connectivity index (χ3v) is 3.48. The van der Waals surface area contributed by atoms with Crippen LogP contribution in [0.1, 0.15) is 11.1 Å². The SMILES string of the molecule is Cc1ccc(N)c(Nc2ccc3cc(C)ccc3c2)c1. The van der Waals surface area contributed by atoms with E-state index in [0.29, 0.717) is 0 Å². The summed E-state index contributed by atoms with van der Waals surface area (Å²) < 4.78 is 0. The van der Waals surface area contributed by atoms with Crippen LogP contribution in [0.5, 0.6) is 0 Å². The van der Waals surface area contributed by atoms with Crippen molar-refractivity contribution < 1.29 is 0 Å². The van der Waals surface area contributed by atoms with Crippen LogP contribution in [0.4, 0.5) is 17.1 Å². The average molecular weight is 262 g/mol. The molecule has 3 aromatic carbocycles. The molecule has 0 fully saturated rings. The van der Waals surface area contributed by atoms with Gasteiger partial charge in [0.15, 0.2) is 0 Å². The van der Waals surface area contributed by atoms with E-state index in [0.717, 1.165) is 17.1 Å². The molecule has 0 saturated heterocycles. The van der Waals surface area contributed by atoms with Gasteiger partial charge >= 0.3 is 0 Å². The summed E-state index contributed by atoms with van der Waals surface area (Å²) in [6.45, 7) is 4.17. The maximum atomic E-state index is 6.01. The number of rotatable bonds is 2. The summed E-state index contributed by atoms with van der Waals surface area (Å²) in [7, 11) is 0. The minimum atomic E-state index is 0.764. The van der Waals surface area contributed by atoms with Crippen molar-refractivity contribution in [3.8, 4) is 0 Å². The molecule has 0 unspecified atom stereocenters. The number of nitrogens with one attached hydrogen (secondary N) is 1. The van der Waals surface area contributed by atoms with Crippen LogP contribution < -0.4 is 11.1 Å². The van der Waals surface area contributed by atoms with Crippen molar-refractivity contribution in [1.29, 1.82) is 0 Å². The lowest BCUT2D eigenvalue weighted by Gasteiger charge is -2.11. The zero-order valence-electron chi connectivity index (χ0n) is 11.8. The van der Waals surface area contributed by atoms with Gasteiger partial charge in [-0.3, -0.25) is 0 Å². The highest BCUT2D eigenvalue weighted by Gasteiger charge is 2.01. The third kappa shape index (κ3) is 2.45. The fourth-order valence-corrected chi connectivity index (χ4v) is 2.38. The predicted molar refractivity (Wildman–Crippen MR) is 87.6 cm³/mol. The summed E-state index contributed by atoms with van der Waals surface area (Å²) in [6.07, 6.45) is 0. The van der Waals surface area contributed by atoms with Crippen molar-refractivity contribution in [3.05, 3.63) is 65.7 Å². The molecule has 3 aromatic rings. The van der Waals surface area contributed by atoms with Crippen molar-refractivity contribution in [2.45, 2.75) is 13.8 Å². The second-order valence-electron chi connectivity index (χ2n) is 5.28. The molecule has 3 N–H and O–H groups in total. The Morgan fingerprint density at radius 1 is 0.750 bits per heavy atom. The van der Waals surface area contributed by atoms with Gasteiger partial charge in [0.25, 0.3) is 0 Å². The highest BCUT2D eigenvalue weighted by atomic mass is 14.9. The Balaban J connectivity index is 1.98. The van der Waals surface area contributed by atoms with Crippen molar-refractivity contribution in [1.82, 2.24) is 0 Å². The van der Waals surface area contributed by atoms with Crippen LogP contribution in [0.2, 0.25) is 0 Å². The lowest BCUT2D eigenvalue weighted by Crippen LogP contribution is -1.96. The van der Waals surface area contributed by atoms with Gasteiger partial charge in [0, 0.05) is 5.69 Å². The van der Waals surface area contributed by atoms with E-state index < -0.39 is 0 Å². The van der Waals surface area contributed by atoms with Crippen LogP contribution in [-0.2, 0) is 0 Å². The lowest BCUT2D eigenvalue weighted by molar-refractivity contribution is 1.45. The monoisotopic (exact) mass is 262 g/mol. The minimum Gasteiger partial charge on any atom is -0.397 e. The van der Waals surface area contributed by atoms with Crippen LogP contribution >= 0.6 is 0 Å². The molecule has 20 heavy (non-hydrogen) atoms. The Morgan fingerprint density at radius 3 is 2.25 bits per heavy atom. The predicted octanol–water partition coefficient (Wildman–Crippen LogP) is 4.78. The fourth-order valence-electron chi connectivity index (χ4n) is 2.38. The molecule has 2 nitrogen and oxygen atoms in total. The van der Waals surface area contributed by atoms with E-state index >= 15 is 0 Å². The molecule has 100 valence electrons. The maximum absolute atomic E-state index is 6.01. The van der Waals surface area contributed by atoms with Gasteiger partial charge in [-0.2, -0.15) is 0 Å². The van der Waals surface area contributed by atoms with E-state index in [1.54, 1.807) is 0 Å². The Labute approximate surface area is 119 Å². The number of benzene rings is 3. The topological polar surface area (TPSA) is 38.0 Å². The summed E-state index contributed by atoms with van der Waals surface area (Å²) >= 11 is 0. The summed E-state index contributed by atoms with van der Waals surface area (Å²) in [5.41, 5.74) is 11.3. The van der Waals surface area contributed by atoms with Crippen molar-refractivity contribution in [2.75, 3.05) is 11.1 Å². The van der Waals surface area contributed by atoms with Crippen LogP contribution in [0, 0.1) is 13.8 Å². The largest absolute Gasteiger partial charge is 0.397 e. The van der Waals surface area contributed by atoms with Crippen molar-refractivity contribution in [3.63, 3.8) is 0 Å². The third-order valence-electron chi connectivity index (χ3n) is 3.48. The van der Waals surface area contributed by atoms with Gasteiger partial charge < -0.3 is 11.1 Å². The van der Waals surface area contributed by atoms with Crippen molar-refractivity contribution in [2.24, 2.45) is 0 Å². The molecule has 0 amide bonds. The molecule has 0 radical (unpaired) electrons. The number of hydrogen-bond donors (Lipinski definition) is 2. The van der Waals surface area contributed by atoms with E-state index in [-0.39, 0.29) is 0 Å². The van der Waals surface area contributed by atoms with Gasteiger partial charge in [-0.1, -0.05) is 35.9 Å². The van der Waals surface area contributed by atoms with Gasteiger partial charge in [0.05, 0.1) is 11.4 Å². The zero-order valence-corrected chi connectivity index (χ0v) is 11.8. The Hall–Kier alpha value is -2.48. The second-order valence-corrected chi connectivity index (χ2v) is 5.28. The van der Waals surface area contributed by atoms with Crippen molar-refractivity contribution >= 4 is 27.8 Å². The molecule has 3 rings (SSSR count). The van der Waals surface area contributed by atoms with E-state index in [1.807, 2.05) is 12.1 Å². The van der Waals surface area contributed by atoms with Crippen LogP contribution in [0.3, 0.4) is 0 Å². The first-order valence-corrected chi connectivity index (χ1v) is 6.75. The molecule has 2 heteroatoms. The van der Waals surface area contributed by atoms with Crippen LogP contribution in [-0.4, -0.2) is 0 Å². The Bertz CT molecular complexity index is 775. The summed E-state index contributed by atoms with van der Waals surface area (Å²) in [5.74, 6) is 0. The van der Waals surface area contributed by atoms with Crippen LogP contribution in [0.15, 0.2) is 54.6 Å². The number of fused-ring (bicyclic) bond motifs is 1. The molecule has 0 saturated carbocycles. The van der Waals surface area contributed by atoms with Gasteiger partial charge in [0.1, 0.15) is 0 Å². The highest BCUT2D eigenvalue weighted by molar-refractivity contribution is 5.87. The van der Waals surface area contributed by atoms with Gasteiger partial charge in [-0.15, -0.1) is 0 Å². The highest BCUT2D eigenvalue weighted by Crippen LogP contribution is 2.27. The molecule has 0 aliphatic heterocycles. The molecular weight excluding hydrogens is 244 g/mol. The first kappa shape index (κ1) is 12.5. The lowest BCUT2D eigenvalue weighted by atomic mass is 10.1. The van der Waals surface area contributed by atoms with Gasteiger partial charge in [-0.25, -0.2) is 0 Å². The first-order chi connectivity index (χ1) is 9.61. The normalized spacial score (nSPS) is 10.7. The first-order valence-electron chi connectivity index (χ1n) is 6.75. The number of anilines is 3. The molecule has 0 aromatic heterocycles. The van der Waals surface area contributed by atoms with Crippen LogP contribution in [0.25, 0.3) is 10.8 Å². The number of aryl methyl sites for hydroxylation is 2. The summed E-state index contributed by atoms with van der Waals surface area (Å²) in [5, 5.41) is 5.88. The maximum Gasteiger partial charge on any atom is 0.0620 e. The number of nitrogens with two attached hydrogens (primary N) is 1. The second kappa shape index (κ2) is 4.89. The van der Waals surface area contributed by atoms with E-state index in [4.69, 9.17) is 5.73 Å². The number of hydrogen-bond acceptors (Lipinski definition) is 2. The minimum absolute atomic E-state index is 0.764. The smallest absolute Gasteiger partial charge is 0.0620 e. The van der Waals surface area contributed by atoms with Gasteiger partial charge in [-0.05, 0) is 54.4 Å². The Morgan fingerprint density at radius 2 is 1.40 bits per heavy atom. The fraction of sp³-hybridized carbons (Fsp3) is 0.111. The van der Waals surface area contributed by atoms with Gasteiger partial charge in [0.2, 0.25) is 0 Å². The molecule has 0 heterocycles. The molecule has 0 aliphatic rings. The van der Waals surface area contributed by atoms with E-state index in [1.165, 1.54) is 21.9 Å². The standard InChI is InChI=1S/C18H18N2/c1-12-3-5-15-11-16(7-6-14(15)9-12)20-18-10-13(2)4-8-17(18)19/h3-11,20H,19H2,1-2H3. The summed E-state index contributed by atoms with van der Waals surface area (Å²) in [6, 6.07) is 18.9. The average Bonchev–Trinajstić information content (AvgIpc) is 2.43. The molecule has 0 atom stereocenters. The number of nitrogen functional groups attached to an aromatic ring is 1. The quantitative estimate of drug-likeness (QED) is 0.652. The Kier molecular flexibility index (Phi) is 3.07. The molecular formula is C18H18N2. The van der Waals surface area contributed by atoms with E-state index in [2.05, 4.69) is 61.6 Å².